The van der Waals surface area contributed by atoms with E-state index in [-0.39, 0.29) is 17.5 Å². The van der Waals surface area contributed by atoms with Crippen LogP contribution in [0.4, 0.5) is 13.2 Å². The van der Waals surface area contributed by atoms with E-state index in [1.165, 1.54) is 24.3 Å². The lowest BCUT2D eigenvalue weighted by Gasteiger charge is -2.03. The highest BCUT2D eigenvalue weighted by molar-refractivity contribution is 5.97. The first kappa shape index (κ1) is 12.4. The van der Waals surface area contributed by atoms with Crippen LogP contribution in [0.5, 0.6) is 0 Å². The van der Waals surface area contributed by atoms with E-state index in [9.17, 15) is 18.0 Å². The van der Waals surface area contributed by atoms with Gasteiger partial charge in [0.05, 0.1) is 0 Å². The number of ketones is 1. The predicted octanol–water partition coefficient (Wildman–Crippen LogP) is 3.53. The van der Waals surface area contributed by atoms with Gasteiger partial charge < -0.3 is 0 Å². The maximum absolute atomic E-state index is 13.3. The SMILES string of the molecule is O=C(Cc1ccc(F)cc1F)c1cccc(F)c1. The number of benzene rings is 2. The van der Waals surface area contributed by atoms with Crippen LogP contribution >= 0.6 is 0 Å². The normalized spacial score (nSPS) is 10.4. The van der Waals surface area contributed by atoms with Crippen LogP contribution in [0, 0.1) is 17.5 Å². The number of halogens is 3. The number of carbonyl (C=O) groups is 1. The lowest BCUT2D eigenvalue weighted by molar-refractivity contribution is 0.0991. The van der Waals surface area contributed by atoms with Crippen molar-refractivity contribution < 1.29 is 18.0 Å². The topological polar surface area (TPSA) is 17.1 Å². The third-order valence-corrected chi connectivity index (χ3v) is 2.51. The Balaban J connectivity index is 2.21. The molecule has 18 heavy (non-hydrogen) atoms. The minimum Gasteiger partial charge on any atom is -0.294 e. The molecule has 0 saturated carbocycles. The van der Waals surface area contributed by atoms with Gasteiger partial charge in [0.25, 0.3) is 0 Å². The molecule has 0 radical (unpaired) electrons. The molecule has 0 heterocycles. The summed E-state index contributed by atoms with van der Waals surface area (Å²) in [5.74, 6) is -2.42. The van der Waals surface area contributed by atoms with E-state index in [0.29, 0.717) is 6.07 Å². The number of hydrogen-bond acceptors (Lipinski definition) is 1. The molecule has 0 fully saturated rings. The van der Waals surface area contributed by atoms with E-state index in [4.69, 9.17) is 0 Å². The van der Waals surface area contributed by atoms with Gasteiger partial charge in [0.2, 0.25) is 0 Å². The van der Waals surface area contributed by atoms with Crippen molar-refractivity contribution in [3.8, 4) is 0 Å². The standard InChI is InChI=1S/C14H9F3O/c15-11-3-1-2-10(6-11)14(18)7-9-4-5-12(16)8-13(9)17/h1-6,8H,7H2. The summed E-state index contributed by atoms with van der Waals surface area (Å²) in [5.41, 5.74) is 0.254. The van der Waals surface area contributed by atoms with Gasteiger partial charge >= 0.3 is 0 Å². The van der Waals surface area contributed by atoms with Gasteiger partial charge in [-0.2, -0.15) is 0 Å². The molecule has 0 atom stereocenters. The Morgan fingerprint density at radius 1 is 0.944 bits per heavy atom. The summed E-state index contributed by atoms with van der Waals surface area (Å²) in [6.07, 6.45) is -0.227. The van der Waals surface area contributed by atoms with Crippen molar-refractivity contribution in [1.29, 1.82) is 0 Å². The smallest absolute Gasteiger partial charge is 0.167 e. The second-order valence-corrected chi connectivity index (χ2v) is 3.85. The van der Waals surface area contributed by atoms with Crippen LogP contribution < -0.4 is 0 Å². The van der Waals surface area contributed by atoms with Gasteiger partial charge in [0, 0.05) is 18.1 Å². The molecular weight excluding hydrogens is 241 g/mol. The van der Waals surface area contributed by atoms with Crippen molar-refractivity contribution in [3.05, 3.63) is 71.0 Å². The molecule has 0 aliphatic heterocycles. The van der Waals surface area contributed by atoms with Crippen molar-refractivity contribution in [2.75, 3.05) is 0 Å². The summed E-state index contributed by atoms with van der Waals surface area (Å²) in [6.45, 7) is 0. The number of carbonyl (C=O) groups excluding carboxylic acids is 1. The summed E-state index contributed by atoms with van der Waals surface area (Å²) in [5, 5.41) is 0. The highest BCUT2D eigenvalue weighted by Crippen LogP contribution is 2.13. The van der Waals surface area contributed by atoms with Crippen molar-refractivity contribution in [3.63, 3.8) is 0 Å². The zero-order chi connectivity index (χ0) is 13.1. The lowest BCUT2D eigenvalue weighted by atomic mass is 10.0. The molecule has 0 aliphatic carbocycles. The van der Waals surface area contributed by atoms with Crippen LogP contribution in [-0.2, 0) is 6.42 Å². The molecule has 92 valence electrons. The van der Waals surface area contributed by atoms with Crippen LogP contribution in [0.3, 0.4) is 0 Å². The van der Waals surface area contributed by atoms with Crippen LogP contribution in [0.1, 0.15) is 15.9 Å². The van der Waals surface area contributed by atoms with E-state index >= 15 is 0 Å². The fraction of sp³-hybridized carbons (Fsp3) is 0.0714. The summed E-state index contributed by atoms with van der Waals surface area (Å²) in [6, 6.07) is 8.17. The fourth-order valence-corrected chi connectivity index (χ4v) is 1.60. The molecule has 1 nitrogen and oxygen atoms in total. The van der Waals surface area contributed by atoms with Gasteiger partial charge in [-0.15, -0.1) is 0 Å². The number of Topliss-reactive ketones (excluding diaryl/α,β-unsaturated/α-hetero) is 1. The minimum atomic E-state index is -0.778. The van der Waals surface area contributed by atoms with E-state index < -0.39 is 23.2 Å². The molecule has 4 heteroatoms. The summed E-state index contributed by atoms with van der Waals surface area (Å²) in [4.78, 5) is 11.8. The number of rotatable bonds is 3. The maximum Gasteiger partial charge on any atom is 0.167 e. The first-order valence-corrected chi connectivity index (χ1v) is 5.29. The zero-order valence-corrected chi connectivity index (χ0v) is 9.29. The molecule has 0 aromatic heterocycles. The fourth-order valence-electron chi connectivity index (χ4n) is 1.60. The molecule has 2 aromatic carbocycles. The second-order valence-electron chi connectivity index (χ2n) is 3.85. The molecule has 0 N–H and O–H groups in total. The van der Waals surface area contributed by atoms with Crippen LogP contribution in [0.15, 0.2) is 42.5 Å². The molecule has 0 amide bonds. The lowest BCUT2D eigenvalue weighted by Crippen LogP contribution is -2.05. The zero-order valence-electron chi connectivity index (χ0n) is 9.29. The summed E-state index contributed by atoms with van der Waals surface area (Å²) in [7, 11) is 0. The van der Waals surface area contributed by atoms with E-state index in [2.05, 4.69) is 0 Å². The Labute approximate surface area is 102 Å². The average molecular weight is 250 g/mol. The van der Waals surface area contributed by atoms with Crippen molar-refractivity contribution in [2.45, 2.75) is 6.42 Å². The first-order chi connectivity index (χ1) is 8.56. The maximum atomic E-state index is 13.3. The van der Waals surface area contributed by atoms with Gasteiger partial charge in [-0.25, -0.2) is 13.2 Å². The first-order valence-electron chi connectivity index (χ1n) is 5.29. The predicted molar refractivity (Wildman–Crippen MR) is 60.8 cm³/mol. The minimum absolute atomic E-state index is 0.0886. The molecule has 0 unspecified atom stereocenters. The van der Waals surface area contributed by atoms with Gasteiger partial charge in [0.1, 0.15) is 17.5 Å². The summed E-state index contributed by atoms with van der Waals surface area (Å²) < 4.78 is 38.9. The van der Waals surface area contributed by atoms with Gasteiger partial charge in [-0.3, -0.25) is 4.79 Å². The second kappa shape index (κ2) is 5.04. The quantitative estimate of drug-likeness (QED) is 0.761. The van der Waals surface area contributed by atoms with Gasteiger partial charge in [-0.1, -0.05) is 18.2 Å². The largest absolute Gasteiger partial charge is 0.294 e. The Morgan fingerprint density at radius 3 is 2.33 bits per heavy atom. The number of hydrogen-bond donors (Lipinski definition) is 0. The molecule has 0 bridgehead atoms. The van der Waals surface area contributed by atoms with Crippen molar-refractivity contribution in [2.24, 2.45) is 0 Å². The van der Waals surface area contributed by atoms with E-state index in [1.54, 1.807) is 0 Å². The Hall–Kier alpha value is -2.10. The van der Waals surface area contributed by atoms with Crippen LogP contribution in [-0.4, -0.2) is 5.78 Å². The Bertz CT molecular complexity index is 593. The van der Waals surface area contributed by atoms with Crippen LogP contribution in [0.25, 0.3) is 0 Å². The van der Waals surface area contributed by atoms with Gasteiger partial charge in [0.15, 0.2) is 5.78 Å². The molecule has 2 rings (SSSR count). The van der Waals surface area contributed by atoms with Crippen molar-refractivity contribution in [1.82, 2.24) is 0 Å². The average Bonchev–Trinajstić information content (AvgIpc) is 2.32. The Kier molecular flexibility index (Phi) is 3.46. The van der Waals surface area contributed by atoms with E-state index in [0.717, 1.165) is 12.1 Å². The molecule has 0 saturated heterocycles. The molecule has 0 aliphatic rings. The van der Waals surface area contributed by atoms with Crippen LogP contribution in [0.2, 0.25) is 0 Å². The van der Waals surface area contributed by atoms with E-state index in [1.807, 2.05) is 0 Å². The van der Waals surface area contributed by atoms with Gasteiger partial charge in [-0.05, 0) is 23.8 Å². The molecular formula is C14H9F3O. The third kappa shape index (κ3) is 2.77. The molecule has 2 aromatic rings. The van der Waals surface area contributed by atoms with Crippen molar-refractivity contribution >= 4 is 5.78 Å². The monoisotopic (exact) mass is 250 g/mol. The third-order valence-electron chi connectivity index (χ3n) is 2.51. The molecule has 0 spiro atoms. The Morgan fingerprint density at radius 2 is 1.67 bits per heavy atom. The summed E-state index contributed by atoms with van der Waals surface area (Å²) >= 11 is 0. The highest BCUT2D eigenvalue weighted by atomic mass is 19.1. The highest BCUT2D eigenvalue weighted by Gasteiger charge is 2.11.